The molecule has 0 unspecified atom stereocenters. The van der Waals surface area contributed by atoms with Crippen LogP contribution >= 0.6 is 0 Å². The molecule has 0 aliphatic heterocycles. The molecule has 1 atom stereocenters. The summed E-state index contributed by atoms with van der Waals surface area (Å²) in [6.07, 6.45) is 2.64. The molecule has 0 heterocycles. The van der Waals surface area contributed by atoms with Gasteiger partial charge in [0.25, 0.3) is 0 Å². The van der Waals surface area contributed by atoms with Crippen molar-refractivity contribution in [2.75, 3.05) is 19.7 Å². The summed E-state index contributed by atoms with van der Waals surface area (Å²) in [5, 5.41) is 28.4. The number of carboxylic acid groups (broad SMARTS) is 2. The highest BCUT2D eigenvalue weighted by Crippen LogP contribution is 2.10. The molecule has 9 heteroatoms. The first-order valence-corrected chi connectivity index (χ1v) is 8.66. The van der Waals surface area contributed by atoms with Gasteiger partial charge < -0.3 is 25.8 Å². The molecule has 0 radical (unpaired) electrons. The normalized spacial score (nSPS) is 11.0. The van der Waals surface area contributed by atoms with Crippen molar-refractivity contribution >= 4 is 17.9 Å². The zero-order chi connectivity index (χ0) is 20.7. The molecule has 0 bridgehead atoms. The second-order valence-corrected chi connectivity index (χ2v) is 5.63. The second kappa shape index (κ2) is 14.5. The van der Waals surface area contributed by atoms with Crippen LogP contribution in [0.5, 0.6) is 5.75 Å². The standard InChI is InChI=1S/C10H12O3.C8H16N2O4/c1-2-7-13-10(12)8-3-5-9(11)6-4-8;9-4-2-1-3-6(8(13)14)10-5-7(11)12/h3-6,11H,2,7H2,1H3;6,10H,1-5,9H2,(H,11,12)(H,13,14)/t;6-/m.0/s1. The molecule has 0 aliphatic rings. The van der Waals surface area contributed by atoms with Crippen LogP contribution in [0.2, 0.25) is 0 Å². The number of esters is 1. The molecule has 9 nitrogen and oxygen atoms in total. The zero-order valence-electron chi connectivity index (χ0n) is 15.4. The van der Waals surface area contributed by atoms with E-state index in [-0.39, 0.29) is 18.3 Å². The fraction of sp³-hybridized carbons (Fsp3) is 0.500. The highest BCUT2D eigenvalue weighted by atomic mass is 16.5. The summed E-state index contributed by atoms with van der Waals surface area (Å²) < 4.78 is 4.90. The maximum absolute atomic E-state index is 11.2. The molecule has 0 aliphatic carbocycles. The van der Waals surface area contributed by atoms with Gasteiger partial charge in [0.2, 0.25) is 0 Å². The molecule has 1 aromatic carbocycles. The number of nitrogens with one attached hydrogen (secondary N) is 1. The van der Waals surface area contributed by atoms with Crippen molar-refractivity contribution in [3.63, 3.8) is 0 Å². The van der Waals surface area contributed by atoms with E-state index in [0.717, 1.165) is 12.8 Å². The smallest absolute Gasteiger partial charge is 0.338 e. The lowest BCUT2D eigenvalue weighted by molar-refractivity contribution is -0.140. The van der Waals surface area contributed by atoms with Gasteiger partial charge in [-0.15, -0.1) is 0 Å². The van der Waals surface area contributed by atoms with Crippen molar-refractivity contribution in [3.05, 3.63) is 29.8 Å². The number of hydrogen-bond donors (Lipinski definition) is 5. The largest absolute Gasteiger partial charge is 0.508 e. The monoisotopic (exact) mass is 384 g/mol. The number of hydrogen-bond acceptors (Lipinski definition) is 7. The summed E-state index contributed by atoms with van der Waals surface area (Å²) in [6, 6.07) is 5.20. The van der Waals surface area contributed by atoms with Crippen molar-refractivity contribution in [2.45, 2.75) is 38.6 Å². The fourth-order valence-corrected chi connectivity index (χ4v) is 1.89. The number of aromatic hydroxyl groups is 1. The molecule has 1 rings (SSSR count). The third-order valence-corrected chi connectivity index (χ3v) is 3.28. The van der Waals surface area contributed by atoms with Gasteiger partial charge in [-0.3, -0.25) is 14.9 Å². The van der Waals surface area contributed by atoms with E-state index in [1.54, 1.807) is 0 Å². The predicted octanol–water partition coefficient (Wildman–Crippen LogP) is 1.20. The van der Waals surface area contributed by atoms with Gasteiger partial charge in [-0.1, -0.05) is 13.3 Å². The van der Waals surface area contributed by atoms with Gasteiger partial charge in [-0.25, -0.2) is 4.79 Å². The molecule has 0 aromatic heterocycles. The summed E-state index contributed by atoms with van der Waals surface area (Å²) in [5.41, 5.74) is 5.72. The highest BCUT2D eigenvalue weighted by Gasteiger charge is 2.16. The van der Waals surface area contributed by atoms with E-state index < -0.39 is 18.0 Å². The minimum Gasteiger partial charge on any atom is -0.508 e. The Morgan fingerprint density at radius 2 is 1.78 bits per heavy atom. The first kappa shape index (κ1) is 24.4. The minimum absolute atomic E-state index is 0.145. The average Bonchev–Trinajstić information content (AvgIpc) is 2.63. The Labute approximate surface area is 158 Å². The number of carboxylic acids is 2. The molecule has 6 N–H and O–H groups in total. The fourth-order valence-electron chi connectivity index (χ4n) is 1.89. The van der Waals surface area contributed by atoms with Crippen LogP contribution in [-0.4, -0.2) is 59.0 Å². The zero-order valence-corrected chi connectivity index (χ0v) is 15.4. The molecule has 0 saturated carbocycles. The van der Waals surface area contributed by atoms with Crippen LogP contribution in [-0.2, 0) is 14.3 Å². The van der Waals surface area contributed by atoms with Crippen LogP contribution < -0.4 is 11.1 Å². The van der Waals surface area contributed by atoms with Crippen LogP contribution in [0.15, 0.2) is 24.3 Å². The number of ether oxygens (including phenoxy) is 1. The number of aliphatic carboxylic acids is 2. The molecule has 0 amide bonds. The summed E-state index contributed by atoms with van der Waals surface area (Å²) in [4.78, 5) is 32.0. The van der Waals surface area contributed by atoms with E-state index in [0.29, 0.717) is 31.6 Å². The van der Waals surface area contributed by atoms with E-state index in [1.807, 2.05) is 6.92 Å². The minimum atomic E-state index is -1.06. The van der Waals surface area contributed by atoms with Gasteiger partial charge >= 0.3 is 17.9 Å². The number of phenolic OH excluding ortho intramolecular Hbond substituents is 1. The number of benzene rings is 1. The molecule has 0 fully saturated rings. The third kappa shape index (κ3) is 12.4. The van der Waals surface area contributed by atoms with Gasteiger partial charge in [0.1, 0.15) is 11.8 Å². The lowest BCUT2D eigenvalue weighted by Crippen LogP contribution is -2.39. The van der Waals surface area contributed by atoms with Gasteiger partial charge in [-0.2, -0.15) is 0 Å². The Balaban J connectivity index is 0.000000501. The molecular weight excluding hydrogens is 356 g/mol. The second-order valence-electron chi connectivity index (χ2n) is 5.63. The third-order valence-electron chi connectivity index (χ3n) is 3.28. The number of phenols is 1. The molecule has 0 saturated heterocycles. The Morgan fingerprint density at radius 3 is 2.26 bits per heavy atom. The van der Waals surface area contributed by atoms with Crippen molar-refractivity contribution in [1.82, 2.24) is 5.32 Å². The Morgan fingerprint density at radius 1 is 1.15 bits per heavy atom. The van der Waals surface area contributed by atoms with Crippen molar-refractivity contribution < 1.29 is 34.4 Å². The number of carbonyl (C=O) groups excluding carboxylic acids is 1. The van der Waals surface area contributed by atoms with Crippen LogP contribution in [0.1, 0.15) is 43.0 Å². The van der Waals surface area contributed by atoms with E-state index in [1.165, 1.54) is 24.3 Å². The summed E-state index contributed by atoms with van der Waals surface area (Å²) in [6.45, 7) is 2.55. The van der Waals surface area contributed by atoms with Crippen LogP contribution in [0.4, 0.5) is 0 Å². The van der Waals surface area contributed by atoms with Crippen molar-refractivity contribution in [1.29, 1.82) is 0 Å². The van der Waals surface area contributed by atoms with E-state index in [2.05, 4.69) is 5.32 Å². The lowest BCUT2D eigenvalue weighted by atomic mass is 10.1. The van der Waals surface area contributed by atoms with Crippen molar-refractivity contribution in [3.8, 4) is 5.75 Å². The SMILES string of the molecule is CCCOC(=O)c1ccc(O)cc1.NCCCC[C@H](NCC(=O)O)C(=O)O. The Kier molecular flexibility index (Phi) is 13.1. The maximum Gasteiger partial charge on any atom is 0.338 e. The number of unbranched alkanes of at least 4 members (excludes halogenated alkanes) is 1. The number of nitrogens with two attached hydrogens (primary N) is 1. The van der Waals surface area contributed by atoms with Crippen LogP contribution in [0.3, 0.4) is 0 Å². The Hall–Kier alpha value is -2.65. The maximum atomic E-state index is 11.2. The summed E-state index contributed by atoms with van der Waals surface area (Å²) in [5.74, 6) is -2.28. The quantitative estimate of drug-likeness (QED) is 0.279. The van der Waals surface area contributed by atoms with Gasteiger partial charge in [0.05, 0.1) is 18.7 Å². The highest BCUT2D eigenvalue weighted by molar-refractivity contribution is 5.89. The predicted molar refractivity (Wildman–Crippen MR) is 98.6 cm³/mol. The Bertz CT molecular complexity index is 576. The molecule has 27 heavy (non-hydrogen) atoms. The summed E-state index contributed by atoms with van der Waals surface area (Å²) >= 11 is 0. The first-order valence-electron chi connectivity index (χ1n) is 8.66. The molecular formula is C18H28N2O7. The number of rotatable bonds is 11. The molecule has 0 spiro atoms. The lowest BCUT2D eigenvalue weighted by Gasteiger charge is -2.12. The topological polar surface area (TPSA) is 159 Å². The van der Waals surface area contributed by atoms with Crippen molar-refractivity contribution in [2.24, 2.45) is 5.73 Å². The number of carbonyl (C=O) groups is 3. The molecule has 1 aromatic rings. The average molecular weight is 384 g/mol. The molecule has 152 valence electrons. The van der Waals surface area contributed by atoms with Gasteiger partial charge in [-0.05, 0) is 50.1 Å². The van der Waals surface area contributed by atoms with Gasteiger partial charge in [0, 0.05) is 0 Å². The first-order chi connectivity index (χ1) is 12.8. The van der Waals surface area contributed by atoms with Crippen LogP contribution in [0, 0.1) is 0 Å². The van der Waals surface area contributed by atoms with E-state index in [4.69, 9.17) is 25.8 Å². The summed E-state index contributed by atoms with van der Waals surface area (Å²) in [7, 11) is 0. The van der Waals surface area contributed by atoms with E-state index in [9.17, 15) is 14.4 Å². The van der Waals surface area contributed by atoms with Crippen LogP contribution in [0.25, 0.3) is 0 Å². The van der Waals surface area contributed by atoms with E-state index >= 15 is 0 Å². The van der Waals surface area contributed by atoms with Gasteiger partial charge in [0.15, 0.2) is 0 Å².